The number of halogens is 3. The molecule has 6 heteroatoms. The second-order valence-electron chi connectivity index (χ2n) is 10.3. The fourth-order valence-electron chi connectivity index (χ4n) is 7.99. The number of hydrogen-bond acceptors (Lipinski definition) is 2. The van der Waals surface area contributed by atoms with Crippen molar-refractivity contribution in [1.29, 1.82) is 0 Å². The van der Waals surface area contributed by atoms with Gasteiger partial charge in [0.15, 0.2) is 5.60 Å². The standard InChI is InChI=1S/C21H31F3O3/c1-9-11-5-15(16(6-11)19(25)26)18(9)17-10(2)14-7-12(17)4-13(14)8-20(3,27)21(22,23)24/h9-18,27H,4-8H2,1-3H3,(H,25,26). The summed E-state index contributed by atoms with van der Waals surface area (Å²) < 4.78 is 39.3. The average molecular weight is 388 g/mol. The van der Waals surface area contributed by atoms with E-state index in [-0.39, 0.29) is 30.1 Å². The smallest absolute Gasteiger partial charge is 0.416 e. The van der Waals surface area contributed by atoms with Crippen LogP contribution in [0.4, 0.5) is 13.2 Å². The van der Waals surface area contributed by atoms with E-state index in [0.717, 1.165) is 32.6 Å². The Morgan fingerprint density at radius 2 is 1.59 bits per heavy atom. The fourth-order valence-corrected chi connectivity index (χ4v) is 7.99. The SMILES string of the molecule is CC1C2CC(CC2CC(C)(O)C(F)(F)F)C1C1C(C)C2CC(C(=O)O)C1C2. The second-order valence-corrected chi connectivity index (χ2v) is 10.3. The van der Waals surface area contributed by atoms with Gasteiger partial charge < -0.3 is 10.2 Å². The minimum Gasteiger partial charge on any atom is -0.481 e. The van der Waals surface area contributed by atoms with Gasteiger partial charge in [0.25, 0.3) is 0 Å². The third-order valence-electron chi connectivity index (χ3n) is 9.14. The summed E-state index contributed by atoms with van der Waals surface area (Å²) in [6, 6.07) is 0. The topological polar surface area (TPSA) is 57.5 Å². The van der Waals surface area contributed by atoms with Crippen LogP contribution >= 0.6 is 0 Å². The summed E-state index contributed by atoms with van der Waals surface area (Å²) in [7, 11) is 0. The number of alkyl halides is 3. The minimum atomic E-state index is -4.59. The van der Waals surface area contributed by atoms with E-state index in [9.17, 15) is 28.2 Å². The first kappa shape index (κ1) is 19.5. The van der Waals surface area contributed by atoms with Crippen LogP contribution in [0.15, 0.2) is 0 Å². The summed E-state index contributed by atoms with van der Waals surface area (Å²) in [6.07, 6.45) is -1.30. The number of fused-ring (bicyclic) bond motifs is 4. The van der Waals surface area contributed by atoms with Crippen molar-refractivity contribution in [3.8, 4) is 0 Å². The molecule has 4 aliphatic rings. The fraction of sp³-hybridized carbons (Fsp3) is 0.952. The Morgan fingerprint density at radius 1 is 0.963 bits per heavy atom. The van der Waals surface area contributed by atoms with Gasteiger partial charge in [-0.2, -0.15) is 13.2 Å². The molecule has 3 nitrogen and oxygen atoms in total. The van der Waals surface area contributed by atoms with Gasteiger partial charge in [-0.05, 0) is 92.3 Å². The summed E-state index contributed by atoms with van der Waals surface area (Å²) in [4.78, 5) is 11.7. The van der Waals surface area contributed by atoms with Gasteiger partial charge in [-0.3, -0.25) is 4.79 Å². The summed E-state index contributed by atoms with van der Waals surface area (Å²) in [5, 5.41) is 19.5. The van der Waals surface area contributed by atoms with Crippen molar-refractivity contribution in [2.45, 2.75) is 64.7 Å². The molecule has 0 heterocycles. The molecule has 0 aromatic carbocycles. The lowest BCUT2D eigenvalue weighted by Gasteiger charge is -2.45. The molecule has 0 radical (unpaired) electrons. The largest absolute Gasteiger partial charge is 0.481 e. The van der Waals surface area contributed by atoms with E-state index in [1.165, 1.54) is 0 Å². The number of aliphatic hydroxyl groups is 1. The van der Waals surface area contributed by atoms with E-state index in [1.54, 1.807) is 0 Å². The number of hydrogen-bond donors (Lipinski definition) is 2. The Labute approximate surface area is 158 Å². The van der Waals surface area contributed by atoms with E-state index >= 15 is 0 Å². The van der Waals surface area contributed by atoms with Crippen molar-refractivity contribution in [1.82, 2.24) is 0 Å². The van der Waals surface area contributed by atoms with E-state index in [4.69, 9.17) is 0 Å². The Kier molecular flexibility index (Phi) is 4.42. The van der Waals surface area contributed by atoms with Gasteiger partial charge in [-0.1, -0.05) is 13.8 Å². The molecule has 4 aliphatic carbocycles. The van der Waals surface area contributed by atoms with Gasteiger partial charge in [0, 0.05) is 0 Å². The zero-order chi connectivity index (χ0) is 19.9. The molecule has 4 saturated carbocycles. The lowest BCUT2D eigenvalue weighted by Crippen LogP contribution is -2.46. The average Bonchev–Trinajstić information content (AvgIpc) is 3.25. The second kappa shape index (κ2) is 6.11. The molecule has 154 valence electrons. The molecule has 0 aromatic rings. The molecule has 0 amide bonds. The molecule has 4 rings (SSSR count). The van der Waals surface area contributed by atoms with E-state index in [2.05, 4.69) is 13.8 Å². The highest BCUT2D eigenvalue weighted by Crippen LogP contribution is 2.66. The summed E-state index contributed by atoms with van der Waals surface area (Å²) >= 11 is 0. The third kappa shape index (κ3) is 2.84. The normalized spacial score (nSPS) is 50.9. The van der Waals surface area contributed by atoms with Crippen molar-refractivity contribution >= 4 is 5.97 Å². The third-order valence-corrected chi connectivity index (χ3v) is 9.14. The molecule has 11 unspecified atom stereocenters. The monoisotopic (exact) mass is 388 g/mol. The van der Waals surface area contributed by atoms with Crippen LogP contribution in [-0.2, 0) is 4.79 Å². The van der Waals surface area contributed by atoms with Crippen molar-refractivity contribution in [2.24, 2.45) is 59.2 Å². The first-order valence-corrected chi connectivity index (χ1v) is 10.4. The van der Waals surface area contributed by atoms with E-state index < -0.39 is 17.7 Å². The van der Waals surface area contributed by atoms with Crippen LogP contribution in [0.5, 0.6) is 0 Å². The maximum absolute atomic E-state index is 13.1. The molecule has 27 heavy (non-hydrogen) atoms. The Bertz CT molecular complexity index is 614. The van der Waals surface area contributed by atoms with Crippen LogP contribution in [0, 0.1) is 59.2 Å². The molecule has 4 fully saturated rings. The van der Waals surface area contributed by atoms with Crippen molar-refractivity contribution < 1.29 is 28.2 Å². The first-order valence-electron chi connectivity index (χ1n) is 10.4. The molecular weight excluding hydrogens is 357 g/mol. The highest BCUT2D eigenvalue weighted by Gasteiger charge is 2.62. The molecule has 2 N–H and O–H groups in total. The van der Waals surface area contributed by atoms with Gasteiger partial charge in [-0.15, -0.1) is 0 Å². The molecule has 0 saturated heterocycles. The first-order chi connectivity index (χ1) is 12.4. The van der Waals surface area contributed by atoms with Gasteiger partial charge in [0.1, 0.15) is 0 Å². The quantitative estimate of drug-likeness (QED) is 0.741. The molecule has 4 bridgehead atoms. The van der Waals surface area contributed by atoms with Crippen LogP contribution in [0.2, 0.25) is 0 Å². The molecule has 0 spiro atoms. The van der Waals surface area contributed by atoms with Crippen LogP contribution < -0.4 is 0 Å². The molecular formula is C21H31F3O3. The molecule has 0 aliphatic heterocycles. The predicted octanol–water partition coefficient (Wildman–Crippen LogP) is 4.59. The van der Waals surface area contributed by atoms with Crippen LogP contribution in [0.3, 0.4) is 0 Å². The Balaban J connectivity index is 1.49. The van der Waals surface area contributed by atoms with Gasteiger partial charge in [0.2, 0.25) is 0 Å². The molecule has 0 aromatic heterocycles. The lowest BCUT2D eigenvalue weighted by molar-refractivity contribution is -0.260. The van der Waals surface area contributed by atoms with E-state index in [0.29, 0.717) is 35.5 Å². The number of rotatable bonds is 4. The molecule has 11 atom stereocenters. The van der Waals surface area contributed by atoms with Crippen molar-refractivity contribution in [2.75, 3.05) is 0 Å². The highest BCUT2D eigenvalue weighted by molar-refractivity contribution is 5.71. The number of aliphatic carboxylic acids is 1. The van der Waals surface area contributed by atoms with Crippen molar-refractivity contribution in [3.63, 3.8) is 0 Å². The summed E-state index contributed by atoms with van der Waals surface area (Å²) in [5.74, 6) is 2.05. The van der Waals surface area contributed by atoms with Gasteiger partial charge >= 0.3 is 12.1 Å². The van der Waals surface area contributed by atoms with Crippen molar-refractivity contribution in [3.05, 3.63) is 0 Å². The summed E-state index contributed by atoms with van der Waals surface area (Å²) in [5.41, 5.74) is -2.62. The van der Waals surface area contributed by atoms with Crippen LogP contribution in [0.25, 0.3) is 0 Å². The Morgan fingerprint density at radius 3 is 2.11 bits per heavy atom. The summed E-state index contributed by atoms with van der Waals surface area (Å²) in [6.45, 7) is 5.33. The van der Waals surface area contributed by atoms with Gasteiger partial charge in [-0.25, -0.2) is 0 Å². The number of carboxylic acid groups (broad SMARTS) is 1. The number of carboxylic acids is 1. The zero-order valence-corrected chi connectivity index (χ0v) is 16.2. The maximum atomic E-state index is 13.1. The minimum absolute atomic E-state index is 0.0814. The maximum Gasteiger partial charge on any atom is 0.416 e. The number of carbonyl (C=O) groups is 1. The van der Waals surface area contributed by atoms with Crippen LogP contribution in [-0.4, -0.2) is 28.0 Å². The predicted molar refractivity (Wildman–Crippen MR) is 93.6 cm³/mol. The zero-order valence-electron chi connectivity index (χ0n) is 16.2. The highest BCUT2D eigenvalue weighted by atomic mass is 19.4. The van der Waals surface area contributed by atoms with Crippen LogP contribution in [0.1, 0.15) is 52.9 Å². The van der Waals surface area contributed by atoms with E-state index in [1.807, 2.05) is 0 Å². The lowest BCUT2D eigenvalue weighted by atomic mass is 9.60. The Hall–Kier alpha value is -0.780. The van der Waals surface area contributed by atoms with Gasteiger partial charge in [0.05, 0.1) is 5.92 Å².